The van der Waals surface area contributed by atoms with Gasteiger partial charge in [-0.2, -0.15) is 14.4 Å². The zero-order chi connectivity index (χ0) is 20.2. The van der Waals surface area contributed by atoms with Gasteiger partial charge in [0.05, 0.1) is 25.2 Å². The fourth-order valence-corrected chi connectivity index (χ4v) is 4.14. The van der Waals surface area contributed by atoms with E-state index < -0.39 is 36.9 Å². The summed E-state index contributed by atoms with van der Waals surface area (Å²) in [6.07, 6.45) is 0. The molecule has 2 N–H and O–H groups in total. The molecule has 0 unspecified atom stereocenters. The van der Waals surface area contributed by atoms with E-state index in [-0.39, 0.29) is 17.7 Å². The molecule has 0 aliphatic carbocycles. The third-order valence-corrected chi connectivity index (χ3v) is 5.41. The van der Waals surface area contributed by atoms with Crippen LogP contribution < -0.4 is 19.5 Å². The first kappa shape index (κ1) is 20.8. The molecule has 0 fully saturated rings. The molecule has 2 rings (SSSR count). The highest BCUT2D eigenvalue weighted by Crippen LogP contribution is 2.33. The van der Waals surface area contributed by atoms with Gasteiger partial charge in [0.2, 0.25) is 23.0 Å². The van der Waals surface area contributed by atoms with Crippen LogP contribution in [0.3, 0.4) is 0 Å². The number of aromatic nitrogens is 2. The lowest BCUT2D eigenvalue weighted by molar-refractivity contribution is 0.256. The molecule has 0 spiro atoms. The van der Waals surface area contributed by atoms with Crippen molar-refractivity contribution in [1.29, 1.82) is 0 Å². The van der Waals surface area contributed by atoms with Gasteiger partial charge in [0.1, 0.15) is 4.90 Å². The van der Waals surface area contributed by atoms with E-state index in [1.165, 1.54) is 25.7 Å². The van der Waals surface area contributed by atoms with Crippen LogP contribution in [0, 0.1) is 0 Å². The standard InChI is InChI=1S/C13H11ClF2N4O5S2/c1-24-7-5-8(25-2)18-12(17-7)19-13(21)20-27(22,23)6-3-4-26-10(6)9(15)11(14)16/h3-5H,1-2H3,(H2,17,18,19,20,21). The largest absolute Gasteiger partial charge is 0.481 e. The first-order valence-electron chi connectivity index (χ1n) is 6.77. The molecule has 0 bridgehead atoms. The Kier molecular flexibility index (Phi) is 6.51. The van der Waals surface area contributed by atoms with Gasteiger partial charge in [-0.25, -0.2) is 22.3 Å². The SMILES string of the molecule is COc1cc(OC)nc(NC(=O)NS(=O)(=O)c2ccsc2C(F)=C(F)Cl)n1. The first-order chi connectivity index (χ1) is 12.7. The molecule has 146 valence electrons. The first-order valence-corrected chi connectivity index (χ1v) is 9.51. The van der Waals surface area contributed by atoms with Crippen molar-refractivity contribution in [2.75, 3.05) is 19.5 Å². The molecule has 0 atom stereocenters. The molecule has 0 aliphatic rings. The molecule has 0 aliphatic heterocycles. The molecular weight excluding hydrogens is 430 g/mol. The summed E-state index contributed by atoms with van der Waals surface area (Å²) in [5.74, 6) is -1.79. The van der Waals surface area contributed by atoms with Gasteiger partial charge in [-0.3, -0.25) is 5.32 Å². The number of carbonyl (C=O) groups is 1. The van der Waals surface area contributed by atoms with Gasteiger partial charge in [-0.15, -0.1) is 11.3 Å². The van der Waals surface area contributed by atoms with Crippen molar-refractivity contribution in [3.05, 3.63) is 27.7 Å². The predicted octanol–water partition coefficient (Wildman–Crippen LogP) is 2.87. The molecule has 0 radical (unpaired) electrons. The molecule has 2 aromatic heterocycles. The summed E-state index contributed by atoms with van der Waals surface area (Å²) in [5, 5.41) is 1.55. The number of rotatable bonds is 6. The molecule has 2 amide bonds. The highest BCUT2D eigenvalue weighted by molar-refractivity contribution is 7.90. The van der Waals surface area contributed by atoms with Crippen molar-refractivity contribution >= 4 is 50.8 Å². The van der Waals surface area contributed by atoms with Crippen molar-refractivity contribution in [3.8, 4) is 11.8 Å². The molecule has 9 nitrogen and oxygen atoms in total. The summed E-state index contributed by atoms with van der Waals surface area (Å²) in [7, 11) is -1.92. The molecule has 27 heavy (non-hydrogen) atoms. The van der Waals surface area contributed by atoms with Crippen LogP contribution in [0.25, 0.3) is 5.83 Å². The number of methoxy groups -OCH3 is 2. The Labute approximate surface area is 161 Å². The third-order valence-electron chi connectivity index (χ3n) is 2.83. The molecular formula is C13H11ClF2N4O5S2. The van der Waals surface area contributed by atoms with Crippen molar-refractivity contribution in [1.82, 2.24) is 14.7 Å². The number of ether oxygens (including phenoxy) is 2. The Morgan fingerprint density at radius 3 is 2.33 bits per heavy atom. The van der Waals surface area contributed by atoms with Crippen LogP contribution in [0.2, 0.25) is 0 Å². The van der Waals surface area contributed by atoms with Crippen LogP contribution in [0.5, 0.6) is 11.8 Å². The van der Waals surface area contributed by atoms with E-state index in [2.05, 4.69) is 15.3 Å². The second kappa shape index (κ2) is 8.45. The maximum absolute atomic E-state index is 13.7. The summed E-state index contributed by atoms with van der Waals surface area (Å²) in [6, 6.07) is 1.06. The number of urea groups is 1. The molecule has 2 aromatic rings. The Morgan fingerprint density at radius 1 is 1.22 bits per heavy atom. The van der Waals surface area contributed by atoms with E-state index in [4.69, 9.17) is 21.1 Å². The van der Waals surface area contributed by atoms with E-state index in [0.717, 1.165) is 6.07 Å². The Hall–Kier alpha value is -2.51. The van der Waals surface area contributed by atoms with E-state index in [9.17, 15) is 22.0 Å². The van der Waals surface area contributed by atoms with E-state index >= 15 is 0 Å². The molecule has 2 heterocycles. The number of carbonyl (C=O) groups excluding carboxylic acids is 1. The number of nitrogens with one attached hydrogen (secondary N) is 2. The second-order valence-electron chi connectivity index (χ2n) is 4.52. The Bertz CT molecular complexity index is 970. The van der Waals surface area contributed by atoms with Crippen LogP contribution in [0.15, 0.2) is 27.7 Å². The fraction of sp³-hybridized carbons (Fsp3) is 0.154. The maximum Gasteiger partial charge on any atom is 0.335 e. The van der Waals surface area contributed by atoms with Crippen LogP contribution in [0.4, 0.5) is 19.5 Å². The number of amides is 2. The van der Waals surface area contributed by atoms with E-state index in [0.29, 0.717) is 11.3 Å². The number of anilines is 1. The van der Waals surface area contributed by atoms with Gasteiger partial charge < -0.3 is 9.47 Å². The summed E-state index contributed by atoms with van der Waals surface area (Å²) < 4.78 is 62.5. The summed E-state index contributed by atoms with van der Waals surface area (Å²) in [5.41, 5.74) is 0. The minimum Gasteiger partial charge on any atom is -0.481 e. The van der Waals surface area contributed by atoms with Crippen molar-refractivity contribution in [2.45, 2.75) is 4.90 Å². The number of thiophene rings is 1. The van der Waals surface area contributed by atoms with Crippen molar-refractivity contribution in [2.24, 2.45) is 0 Å². The second-order valence-corrected chi connectivity index (χ2v) is 7.42. The smallest absolute Gasteiger partial charge is 0.335 e. The predicted molar refractivity (Wildman–Crippen MR) is 93.8 cm³/mol. The van der Waals surface area contributed by atoms with Crippen molar-refractivity contribution < 1.29 is 31.5 Å². The number of halogens is 3. The lowest BCUT2D eigenvalue weighted by Crippen LogP contribution is -2.35. The number of sulfonamides is 1. The van der Waals surface area contributed by atoms with Gasteiger partial charge in [0.25, 0.3) is 10.0 Å². The Morgan fingerprint density at radius 2 is 1.81 bits per heavy atom. The van der Waals surface area contributed by atoms with Crippen LogP contribution in [-0.4, -0.2) is 38.6 Å². The number of hydrogen-bond donors (Lipinski definition) is 2. The minimum absolute atomic E-state index is 0.0462. The average Bonchev–Trinajstić information content (AvgIpc) is 3.10. The lowest BCUT2D eigenvalue weighted by Gasteiger charge is -2.09. The number of hydrogen-bond acceptors (Lipinski definition) is 8. The summed E-state index contributed by atoms with van der Waals surface area (Å²) in [4.78, 5) is 18.3. The monoisotopic (exact) mass is 440 g/mol. The minimum atomic E-state index is -4.55. The summed E-state index contributed by atoms with van der Waals surface area (Å²) in [6.45, 7) is 0. The number of nitrogens with zero attached hydrogens (tertiary/aromatic N) is 2. The normalized spacial score (nSPS) is 12.2. The third kappa shape index (κ3) is 5.02. The van der Waals surface area contributed by atoms with Gasteiger partial charge in [-0.1, -0.05) is 0 Å². The highest BCUT2D eigenvalue weighted by Gasteiger charge is 2.26. The van der Waals surface area contributed by atoms with Gasteiger partial charge in [0.15, 0.2) is 5.83 Å². The fourth-order valence-electron chi connectivity index (χ4n) is 1.73. The van der Waals surface area contributed by atoms with E-state index in [1.807, 2.05) is 0 Å². The average molecular weight is 441 g/mol. The summed E-state index contributed by atoms with van der Waals surface area (Å²) >= 11 is 5.51. The lowest BCUT2D eigenvalue weighted by atomic mass is 10.4. The quantitative estimate of drug-likeness (QED) is 0.708. The van der Waals surface area contributed by atoms with Crippen molar-refractivity contribution in [3.63, 3.8) is 0 Å². The van der Waals surface area contributed by atoms with Gasteiger partial charge in [0, 0.05) is 0 Å². The molecule has 14 heteroatoms. The maximum atomic E-state index is 13.7. The topological polar surface area (TPSA) is 120 Å². The van der Waals surface area contributed by atoms with Crippen LogP contribution in [0.1, 0.15) is 4.88 Å². The molecule has 0 aromatic carbocycles. The highest BCUT2D eigenvalue weighted by atomic mass is 35.5. The van der Waals surface area contributed by atoms with Crippen LogP contribution >= 0.6 is 22.9 Å². The van der Waals surface area contributed by atoms with Gasteiger partial charge >= 0.3 is 6.03 Å². The zero-order valence-corrected chi connectivity index (χ0v) is 16.0. The van der Waals surface area contributed by atoms with E-state index in [1.54, 1.807) is 4.72 Å². The Balaban J connectivity index is 2.24. The molecule has 0 saturated heterocycles. The van der Waals surface area contributed by atoms with Crippen LogP contribution in [-0.2, 0) is 10.0 Å². The van der Waals surface area contributed by atoms with Gasteiger partial charge in [-0.05, 0) is 23.0 Å². The molecule has 0 saturated carbocycles. The zero-order valence-electron chi connectivity index (χ0n) is 13.6.